The molecular formula is C18H23Cl2N5O. The van der Waals surface area contributed by atoms with Gasteiger partial charge in [-0.2, -0.15) is 5.10 Å². The molecule has 2 aliphatic rings. The second-order valence-corrected chi connectivity index (χ2v) is 7.62. The first-order valence-corrected chi connectivity index (χ1v) is 9.07. The monoisotopic (exact) mass is 395 g/mol. The maximum absolute atomic E-state index is 13.0. The van der Waals surface area contributed by atoms with Gasteiger partial charge in [-0.15, -0.1) is 12.4 Å². The van der Waals surface area contributed by atoms with Crippen molar-refractivity contribution < 1.29 is 4.79 Å². The molecule has 0 aromatic carbocycles. The number of likely N-dealkylation sites (tertiary alicyclic amines) is 1. The van der Waals surface area contributed by atoms with Crippen molar-refractivity contribution >= 4 is 29.9 Å². The largest absolute Gasteiger partial charge is 0.337 e. The predicted octanol–water partition coefficient (Wildman–Crippen LogP) is 2.77. The number of amides is 1. The molecule has 3 unspecified atom stereocenters. The van der Waals surface area contributed by atoms with E-state index in [2.05, 4.69) is 10.1 Å². The lowest BCUT2D eigenvalue weighted by Crippen LogP contribution is -2.34. The van der Waals surface area contributed by atoms with E-state index in [4.69, 9.17) is 17.3 Å². The number of aryl methyl sites for hydroxylation is 2. The van der Waals surface area contributed by atoms with Gasteiger partial charge in [-0.05, 0) is 56.7 Å². The molecule has 2 aromatic heterocycles. The smallest absolute Gasteiger partial charge is 0.274 e. The molecule has 1 aliphatic heterocycles. The van der Waals surface area contributed by atoms with Crippen LogP contribution < -0.4 is 5.73 Å². The molecule has 2 aromatic rings. The number of carbonyl (C=O) groups is 1. The molecule has 6 nitrogen and oxygen atoms in total. The van der Waals surface area contributed by atoms with Gasteiger partial charge >= 0.3 is 0 Å². The van der Waals surface area contributed by atoms with Crippen LogP contribution in [0.4, 0.5) is 0 Å². The first kappa shape index (κ1) is 19.1. The van der Waals surface area contributed by atoms with E-state index >= 15 is 0 Å². The normalized spacial score (nSPS) is 24.5. The molecule has 3 heterocycles. The van der Waals surface area contributed by atoms with Crippen LogP contribution in [0.3, 0.4) is 0 Å². The van der Waals surface area contributed by atoms with Crippen LogP contribution in [0.2, 0.25) is 5.02 Å². The summed E-state index contributed by atoms with van der Waals surface area (Å²) in [6, 6.07) is 5.68. The van der Waals surface area contributed by atoms with Gasteiger partial charge in [0.1, 0.15) is 5.69 Å². The molecule has 1 aliphatic carbocycles. The molecule has 0 radical (unpaired) electrons. The number of rotatable bonds is 2. The lowest BCUT2D eigenvalue weighted by molar-refractivity contribution is 0.0774. The number of aromatic nitrogens is 3. The van der Waals surface area contributed by atoms with Crippen molar-refractivity contribution in [1.82, 2.24) is 19.7 Å². The third kappa shape index (κ3) is 3.21. The first-order chi connectivity index (χ1) is 11.9. The number of nitrogens with zero attached hydrogens (tertiary/aromatic N) is 4. The van der Waals surface area contributed by atoms with Crippen LogP contribution in [0.1, 0.15) is 34.7 Å². The minimum atomic E-state index is -0.116. The van der Waals surface area contributed by atoms with E-state index in [9.17, 15) is 4.79 Å². The molecule has 0 bridgehead atoms. The molecule has 26 heavy (non-hydrogen) atoms. The number of nitrogens with two attached hydrogens (primary N) is 1. The topological polar surface area (TPSA) is 77.0 Å². The number of hydrogen-bond donors (Lipinski definition) is 1. The van der Waals surface area contributed by atoms with Crippen LogP contribution in [-0.4, -0.2) is 44.7 Å². The average Bonchev–Trinajstić information content (AvgIpc) is 3.24. The van der Waals surface area contributed by atoms with Crippen LogP contribution in [0.15, 0.2) is 18.2 Å². The van der Waals surface area contributed by atoms with Gasteiger partial charge in [0.05, 0.1) is 10.7 Å². The highest BCUT2D eigenvalue weighted by atomic mass is 35.5. The molecule has 140 valence electrons. The fraction of sp³-hybridized carbons (Fsp3) is 0.500. The van der Waals surface area contributed by atoms with E-state index in [-0.39, 0.29) is 24.4 Å². The zero-order valence-electron chi connectivity index (χ0n) is 14.9. The van der Waals surface area contributed by atoms with Gasteiger partial charge in [-0.25, -0.2) is 9.67 Å². The van der Waals surface area contributed by atoms with Crippen molar-refractivity contribution in [1.29, 1.82) is 0 Å². The second kappa shape index (κ2) is 7.18. The maximum atomic E-state index is 13.0. The number of pyridine rings is 1. The highest BCUT2D eigenvalue weighted by Crippen LogP contribution is 2.37. The molecule has 4 rings (SSSR count). The van der Waals surface area contributed by atoms with E-state index in [1.165, 1.54) is 0 Å². The zero-order chi connectivity index (χ0) is 17.7. The Hall–Kier alpha value is -1.63. The summed E-state index contributed by atoms with van der Waals surface area (Å²) in [6.45, 7) is 5.34. The first-order valence-electron chi connectivity index (χ1n) is 8.69. The van der Waals surface area contributed by atoms with Gasteiger partial charge in [0.15, 0.2) is 5.82 Å². The number of fused-ring (bicyclic) bond motifs is 1. The summed E-state index contributed by atoms with van der Waals surface area (Å²) in [5.41, 5.74) is 8.34. The highest BCUT2D eigenvalue weighted by Gasteiger charge is 2.43. The predicted molar refractivity (Wildman–Crippen MR) is 103 cm³/mol. The average molecular weight is 396 g/mol. The molecule has 1 amide bonds. The molecular weight excluding hydrogens is 373 g/mol. The van der Waals surface area contributed by atoms with Gasteiger partial charge in [-0.3, -0.25) is 4.79 Å². The molecule has 1 saturated heterocycles. The van der Waals surface area contributed by atoms with Crippen LogP contribution in [0.25, 0.3) is 5.82 Å². The minimum Gasteiger partial charge on any atom is -0.337 e. The van der Waals surface area contributed by atoms with Gasteiger partial charge in [-0.1, -0.05) is 11.6 Å². The Morgan fingerprint density at radius 1 is 1.27 bits per heavy atom. The van der Waals surface area contributed by atoms with Crippen molar-refractivity contribution in [3.8, 4) is 5.82 Å². The van der Waals surface area contributed by atoms with Gasteiger partial charge < -0.3 is 10.6 Å². The van der Waals surface area contributed by atoms with E-state index in [0.29, 0.717) is 34.9 Å². The third-order valence-electron chi connectivity index (χ3n) is 5.46. The summed E-state index contributed by atoms with van der Waals surface area (Å²) in [5.74, 6) is 1.41. The van der Waals surface area contributed by atoms with Crippen molar-refractivity contribution in [2.45, 2.75) is 32.7 Å². The molecule has 2 fully saturated rings. The van der Waals surface area contributed by atoms with Crippen molar-refractivity contribution in [2.24, 2.45) is 17.6 Å². The fourth-order valence-corrected chi connectivity index (χ4v) is 4.37. The lowest BCUT2D eigenvalue weighted by atomic mass is 9.98. The summed E-state index contributed by atoms with van der Waals surface area (Å²) in [5, 5.41) is 4.81. The standard InChI is InChI=1S/C18H22ClN5O.ClH/c1-10-7-11(2)24(22-10)16-6-4-14(19)17(21-16)18(25)23-8-12-3-5-15(20)13(12)9-23;/h4,6-7,12-13,15H,3,5,8-9,20H2,1-2H3;1H. The van der Waals surface area contributed by atoms with E-state index in [0.717, 1.165) is 30.8 Å². The van der Waals surface area contributed by atoms with Crippen molar-refractivity contribution in [2.75, 3.05) is 13.1 Å². The van der Waals surface area contributed by atoms with E-state index in [1.807, 2.05) is 24.8 Å². The van der Waals surface area contributed by atoms with E-state index < -0.39 is 0 Å². The molecule has 8 heteroatoms. The van der Waals surface area contributed by atoms with Crippen molar-refractivity contribution in [3.63, 3.8) is 0 Å². The Morgan fingerprint density at radius 3 is 2.69 bits per heavy atom. The SMILES string of the molecule is Cc1cc(C)n(-c2ccc(Cl)c(C(=O)N3CC4CCC(N)C4C3)n2)n1.Cl. The number of halogens is 2. The lowest BCUT2D eigenvalue weighted by Gasteiger charge is -2.19. The second-order valence-electron chi connectivity index (χ2n) is 7.21. The van der Waals surface area contributed by atoms with Gasteiger partial charge in [0, 0.05) is 24.8 Å². The number of carbonyl (C=O) groups excluding carboxylic acids is 1. The molecule has 1 saturated carbocycles. The molecule has 2 N–H and O–H groups in total. The summed E-state index contributed by atoms with van der Waals surface area (Å²) < 4.78 is 1.73. The highest BCUT2D eigenvalue weighted by molar-refractivity contribution is 6.33. The quantitative estimate of drug-likeness (QED) is 0.847. The summed E-state index contributed by atoms with van der Waals surface area (Å²) >= 11 is 6.29. The fourth-order valence-electron chi connectivity index (χ4n) is 4.18. The molecule has 3 atom stereocenters. The maximum Gasteiger partial charge on any atom is 0.274 e. The Bertz CT molecular complexity index is 837. The van der Waals surface area contributed by atoms with E-state index in [1.54, 1.807) is 16.8 Å². The van der Waals surface area contributed by atoms with Crippen LogP contribution in [0.5, 0.6) is 0 Å². The van der Waals surface area contributed by atoms with Crippen LogP contribution in [0, 0.1) is 25.7 Å². The van der Waals surface area contributed by atoms with Crippen molar-refractivity contribution in [3.05, 3.63) is 40.3 Å². The van der Waals surface area contributed by atoms with Crippen LogP contribution >= 0.6 is 24.0 Å². The Labute approximate surface area is 164 Å². The zero-order valence-corrected chi connectivity index (χ0v) is 16.4. The number of hydrogen-bond acceptors (Lipinski definition) is 4. The summed E-state index contributed by atoms with van der Waals surface area (Å²) in [6.07, 6.45) is 2.16. The molecule has 0 spiro atoms. The Balaban J connectivity index is 0.00000196. The summed E-state index contributed by atoms with van der Waals surface area (Å²) in [7, 11) is 0. The third-order valence-corrected chi connectivity index (χ3v) is 5.77. The summed E-state index contributed by atoms with van der Waals surface area (Å²) in [4.78, 5) is 19.4. The van der Waals surface area contributed by atoms with Gasteiger partial charge in [0.25, 0.3) is 5.91 Å². The minimum absolute atomic E-state index is 0. The Kier molecular flexibility index (Phi) is 5.28. The Morgan fingerprint density at radius 2 is 2.04 bits per heavy atom. The van der Waals surface area contributed by atoms with Crippen LogP contribution in [-0.2, 0) is 0 Å². The van der Waals surface area contributed by atoms with Gasteiger partial charge in [0.2, 0.25) is 0 Å².